The van der Waals surface area contributed by atoms with Crippen LogP contribution in [-0.2, 0) is 10.2 Å². The highest BCUT2D eigenvalue weighted by atomic mass is 16.5. The summed E-state index contributed by atoms with van der Waals surface area (Å²) in [6, 6.07) is 16.7. The van der Waals surface area contributed by atoms with Gasteiger partial charge in [0.05, 0.1) is 11.3 Å². The summed E-state index contributed by atoms with van der Waals surface area (Å²) in [6.07, 6.45) is 0. The molecule has 0 aliphatic rings. The van der Waals surface area contributed by atoms with Gasteiger partial charge in [-0.1, -0.05) is 45.0 Å². The summed E-state index contributed by atoms with van der Waals surface area (Å²) in [6.45, 7) is 9.84. The predicted molar refractivity (Wildman–Crippen MR) is 99.6 cm³/mol. The number of rotatable bonds is 4. The van der Waals surface area contributed by atoms with Crippen molar-refractivity contribution >= 4 is 11.6 Å². The predicted octanol–water partition coefficient (Wildman–Crippen LogP) is 4.65. The van der Waals surface area contributed by atoms with E-state index in [2.05, 4.69) is 32.2 Å². The molecule has 0 aliphatic heterocycles. The molecular weight excluding hydrogens is 312 g/mol. The Morgan fingerprint density at radius 1 is 1.00 bits per heavy atom. The molecule has 0 fully saturated rings. The van der Waals surface area contributed by atoms with Gasteiger partial charge in [-0.2, -0.15) is 5.26 Å². The Bertz CT molecular complexity index is 794. The summed E-state index contributed by atoms with van der Waals surface area (Å²) in [5.74, 6) is 0.316. The summed E-state index contributed by atoms with van der Waals surface area (Å²) >= 11 is 0. The quantitative estimate of drug-likeness (QED) is 0.884. The van der Waals surface area contributed by atoms with Crippen LogP contribution in [0.15, 0.2) is 48.5 Å². The van der Waals surface area contributed by atoms with Gasteiger partial charge in [-0.25, -0.2) is 0 Å². The first-order valence-corrected chi connectivity index (χ1v) is 8.23. The smallest absolute Gasteiger partial charge is 0.268 e. The fourth-order valence-electron chi connectivity index (χ4n) is 2.33. The summed E-state index contributed by atoms with van der Waals surface area (Å²) < 4.78 is 5.88. The second kappa shape index (κ2) is 6.98. The minimum absolute atomic E-state index is 0.0619. The van der Waals surface area contributed by atoms with Crippen molar-refractivity contribution in [2.75, 3.05) is 5.32 Å². The molecule has 0 radical (unpaired) electrons. The first kappa shape index (κ1) is 18.5. The van der Waals surface area contributed by atoms with E-state index in [0.717, 1.165) is 0 Å². The van der Waals surface area contributed by atoms with E-state index in [0.29, 0.717) is 17.0 Å². The first-order chi connectivity index (χ1) is 11.6. The molecular formula is C21H24N2O2. The highest BCUT2D eigenvalue weighted by molar-refractivity contribution is 5.97. The van der Waals surface area contributed by atoms with E-state index >= 15 is 0 Å². The third kappa shape index (κ3) is 4.60. The minimum Gasteiger partial charge on any atom is -0.478 e. The minimum atomic E-state index is -1.08. The van der Waals surface area contributed by atoms with Crippen LogP contribution >= 0.6 is 0 Å². The average Bonchev–Trinajstić information content (AvgIpc) is 2.54. The van der Waals surface area contributed by atoms with E-state index in [9.17, 15) is 4.79 Å². The van der Waals surface area contributed by atoms with Crippen molar-refractivity contribution in [2.45, 2.75) is 45.6 Å². The summed E-state index contributed by atoms with van der Waals surface area (Å²) in [5.41, 5.74) is 1.08. The number of nitrogens with one attached hydrogen (secondary N) is 1. The van der Waals surface area contributed by atoms with Crippen molar-refractivity contribution in [3.05, 3.63) is 59.7 Å². The Labute approximate surface area is 149 Å². The van der Waals surface area contributed by atoms with Crippen LogP contribution in [0.4, 0.5) is 5.69 Å². The molecule has 0 unspecified atom stereocenters. The molecule has 130 valence electrons. The second-order valence-electron chi connectivity index (χ2n) is 7.50. The molecule has 0 saturated carbocycles. The van der Waals surface area contributed by atoms with Crippen LogP contribution in [0.1, 0.15) is 45.7 Å². The normalized spacial score (nSPS) is 11.5. The first-order valence-electron chi connectivity index (χ1n) is 8.23. The second-order valence-corrected chi connectivity index (χ2v) is 7.50. The van der Waals surface area contributed by atoms with E-state index in [1.807, 2.05) is 24.3 Å². The summed E-state index contributed by atoms with van der Waals surface area (Å²) in [7, 11) is 0. The van der Waals surface area contributed by atoms with Crippen LogP contribution in [-0.4, -0.2) is 11.5 Å². The van der Waals surface area contributed by atoms with Crippen LogP contribution in [0.3, 0.4) is 0 Å². The molecule has 2 aromatic rings. The van der Waals surface area contributed by atoms with E-state index in [1.54, 1.807) is 38.1 Å². The average molecular weight is 336 g/mol. The monoisotopic (exact) mass is 336 g/mol. The molecule has 0 aromatic heterocycles. The SMILES string of the molecule is CC(C)(Oc1ccc(C(C)(C)C)cc1)C(=O)Nc1ccccc1C#N. The number of benzene rings is 2. The van der Waals surface area contributed by atoms with Crippen LogP contribution in [0, 0.1) is 11.3 Å². The lowest BCUT2D eigenvalue weighted by molar-refractivity contribution is -0.128. The molecule has 4 nitrogen and oxygen atoms in total. The molecule has 25 heavy (non-hydrogen) atoms. The standard InChI is InChI=1S/C21H24N2O2/c1-20(2,3)16-10-12-17(13-11-16)25-21(4,5)19(24)23-18-9-7-6-8-15(18)14-22/h6-13H,1-5H3,(H,23,24). The highest BCUT2D eigenvalue weighted by Gasteiger charge is 2.30. The number of ether oxygens (including phenoxy) is 1. The molecule has 0 heterocycles. The molecule has 2 aromatic carbocycles. The molecule has 1 amide bonds. The summed E-state index contributed by atoms with van der Waals surface area (Å²) in [4.78, 5) is 12.6. The molecule has 0 spiro atoms. The van der Waals surface area contributed by atoms with Gasteiger partial charge in [-0.15, -0.1) is 0 Å². The van der Waals surface area contributed by atoms with Crippen LogP contribution in [0.25, 0.3) is 0 Å². The number of hydrogen-bond donors (Lipinski definition) is 1. The number of hydrogen-bond acceptors (Lipinski definition) is 3. The zero-order valence-corrected chi connectivity index (χ0v) is 15.4. The third-order valence-electron chi connectivity index (χ3n) is 3.94. The van der Waals surface area contributed by atoms with Gasteiger partial charge in [-0.3, -0.25) is 4.79 Å². The number of carbonyl (C=O) groups is 1. The lowest BCUT2D eigenvalue weighted by Crippen LogP contribution is -2.42. The van der Waals surface area contributed by atoms with Crippen molar-refractivity contribution < 1.29 is 9.53 Å². The van der Waals surface area contributed by atoms with Gasteiger partial charge < -0.3 is 10.1 Å². The molecule has 0 aliphatic carbocycles. The molecule has 4 heteroatoms. The molecule has 0 bridgehead atoms. The largest absolute Gasteiger partial charge is 0.478 e. The number of nitrogens with zero attached hydrogens (tertiary/aromatic N) is 1. The fourth-order valence-corrected chi connectivity index (χ4v) is 2.33. The van der Waals surface area contributed by atoms with Gasteiger partial charge in [0.1, 0.15) is 11.8 Å². The van der Waals surface area contributed by atoms with Crippen molar-refractivity contribution in [3.63, 3.8) is 0 Å². The number of carbonyl (C=O) groups excluding carboxylic acids is 1. The Kier molecular flexibility index (Phi) is 5.18. The number of amides is 1. The van der Waals surface area contributed by atoms with Gasteiger partial charge in [0.15, 0.2) is 5.60 Å². The van der Waals surface area contributed by atoms with E-state index in [1.165, 1.54) is 5.56 Å². The maximum Gasteiger partial charge on any atom is 0.268 e. The van der Waals surface area contributed by atoms with E-state index < -0.39 is 5.60 Å². The summed E-state index contributed by atoms with van der Waals surface area (Å²) in [5, 5.41) is 11.9. The van der Waals surface area contributed by atoms with Crippen molar-refractivity contribution in [1.29, 1.82) is 5.26 Å². The Hall–Kier alpha value is -2.80. The fraction of sp³-hybridized carbons (Fsp3) is 0.333. The zero-order valence-electron chi connectivity index (χ0n) is 15.4. The van der Waals surface area contributed by atoms with Crippen LogP contribution in [0.5, 0.6) is 5.75 Å². The molecule has 0 saturated heterocycles. The van der Waals surface area contributed by atoms with Crippen molar-refractivity contribution in [2.24, 2.45) is 0 Å². The maximum absolute atomic E-state index is 12.6. The maximum atomic E-state index is 12.6. The van der Waals surface area contributed by atoms with E-state index in [-0.39, 0.29) is 11.3 Å². The number of nitriles is 1. The van der Waals surface area contributed by atoms with Gasteiger partial charge in [0.25, 0.3) is 5.91 Å². The van der Waals surface area contributed by atoms with Crippen LogP contribution in [0.2, 0.25) is 0 Å². The lowest BCUT2D eigenvalue weighted by atomic mass is 9.87. The Balaban J connectivity index is 2.13. The topological polar surface area (TPSA) is 62.1 Å². The third-order valence-corrected chi connectivity index (χ3v) is 3.94. The Morgan fingerprint density at radius 3 is 2.16 bits per heavy atom. The van der Waals surface area contributed by atoms with Crippen molar-refractivity contribution in [1.82, 2.24) is 0 Å². The molecule has 1 N–H and O–H groups in total. The zero-order chi connectivity index (χ0) is 18.7. The van der Waals surface area contributed by atoms with Gasteiger partial charge >= 0.3 is 0 Å². The van der Waals surface area contributed by atoms with Crippen LogP contribution < -0.4 is 10.1 Å². The lowest BCUT2D eigenvalue weighted by Gasteiger charge is -2.26. The molecule has 0 atom stereocenters. The van der Waals surface area contributed by atoms with E-state index in [4.69, 9.17) is 10.00 Å². The van der Waals surface area contributed by atoms with Gasteiger partial charge in [-0.05, 0) is 49.1 Å². The van der Waals surface area contributed by atoms with Gasteiger partial charge in [0.2, 0.25) is 0 Å². The molecule has 2 rings (SSSR count). The van der Waals surface area contributed by atoms with Gasteiger partial charge in [0, 0.05) is 0 Å². The Morgan fingerprint density at radius 2 is 1.60 bits per heavy atom. The highest BCUT2D eigenvalue weighted by Crippen LogP contribution is 2.26. The number of para-hydroxylation sites is 1. The number of anilines is 1. The van der Waals surface area contributed by atoms with Crippen molar-refractivity contribution in [3.8, 4) is 11.8 Å².